The van der Waals surface area contributed by atoms with Gasteiger partial charge in [-0.2, -0.15) is 18.3 Å². The number of halogens is 3. The fourth-order valence-electron chi connectivity index (χ4n) is 2.85. The van der Waals surface area contributed by atoms with E-state index in [1.165, 1.54) is 11.6 Å². The fraction of sp³-hybridized carbons (Fsp3) is 0.769. The third-order valence-corrected chi connectivity index (χ3v) is 4.12. The van der Waals surface area contributed by atoms with Crippen molar-refractivity contribution in [3.8, 4) is 0 Å². The second-order valence-electron chi connectivity index (χ2n) is 5.89. The molecule has 0 radical (unpaired) electrons. The summed E-state index contributed by atoms with van der Waals surface area (Å²) in [5.74, 6) is -1.03. The van der Waals surface area contributed by atoms with E-state index in [1.807, 2.05) is 0 Å². The lowest BCUT2D eigenvalue weighted by Gasteiger charge is -2.31. The van der Waals surface area contributed by atoms with E-state index in [2.05, 4.69) is 20.8 Å². The maximum Gasteiger partial charge on any atom is 0.391 e. The Hall–Kier alpha value is -2.00. The van der Waals surface area contributed by atoms with Gasteiger partial charge in [-0.1, -0.05) is 6.42 Å². The summed E-state index contributed by atoms with van der Waals surface area (Å²) in [7, 11) is 1.51. The van der Waals surface area contributed by atoms with E-state index in [0.29, 0.717) is 18.7 Å². The van der Waals surface area contributed by atoms with E-state index in [-0.39, 0.29) is 12.8 Å². The molecule has 130 valence electrons. The number of amides is 2. The van der Waals surface area contributed by atoms with Gasteiger partial charge in [0.05, 0.1) is 12.0 Å². The van der Waals surface area contributed by atoms with E-state index < -0.39 is 35.9 Å². The highest BCUT2D eigenvalue weighted by molar-refractivity contribution is 5.74. The molecule has 2 amide bonds. The van der Waals surface area contributed by atoms with Crippen LogP contribution in [0.3, 0.4) is 0 Å². The number of carbonyl (C=O) groups excluding carboxylic acids is 1. The lowest BCUT2D eigenvalue weighted by Crippen LogP contribution is -2.46. The molecule has 0 unspecified atom stereocenters. The van der Waals surface area contributed by atoms with E-state index in [0.717, 1.165) is 0 Å². The van der Waals surface area contributed by atoms with Gasteiger partial charge in [-0.3, -0.25) is 4.57 Å². The summed E-state index contributed by atoms with van der Waals surface area (Å²) in [6.07, 6.45) is -3.27. The number of H-pyrrole nitrogens is 1. The molecule has 0 aromatic carbocycles. The topological polar surface area (TPSA) is 91.8 Å². The van der Waals surface area contributed by atoms with Gasteiger partial charge in [0.25, 0.3) is 0 Å². The molecule has 7 nitrogen and oxygen atoms in total. The van der Waals surface area contributed by atoms with Gasteiger partial charge >= 0.3 is 17.9 Å². The number of hydrogen-bond acceptors (Lipinski definition) is 3. The van der Waals surface area contributed by atoms with Crippen molar-refractivity contribution >= 4 is 6.03 Å². The molecular formula is C13H20F3N5O2. The lowest BCUT2D eigenvalue weighted by atomic mass is 9.85. The Labute approximate surface area is 130 Å². The van der Waals surface area contributed by atoms with Gasteiger partial charge in [0.2, 0.25) is 0 Å². The van der Waals surface area contributed by atoms with Crippen LogP contribution >= 0.6 is 0 Å². The molecule has 1 aromatic rings. The molecular weight excluding hydrogens is 315 g/mol. The van der Waals surface area contributed by atoms with Crippen LogP contribution < -0.4 is 16.3 Å². The quantitative estimate of drug-likeness (QED) is 0.783. The van der Waals surface area contributed by atoms with E-state index >= 15 is 0 Å². The van der Waals surface area contributed by atoms with Crippen LogP contribution in [0.5, 0.6) is 0 Å². The highest BCUT2D eigenvalue weighted by Gasteiger charge is 2.42. The van der Waals surface area contributed by atoms with Crippen molar-refractivity contribution in [2.45, 2.75) is 50.9 Å². The molecule has 1 fully saturated rings. The van der Waals surface area contributed by atoms with Gasteiger partial charge in [0.1, 0.15) is 0 Å². The van der Waals surface area contributed by atoms with Crippen LogP contribution in [0.4, 0.5) is 18.0 Å². The van der Waals surface area contributed by atoms with Crippen LogP contribution in [0.2, 0.25) is 0 Å². The molecule has 2 rings (SSSR count). The van der Waals surface area contributed by atoms with Gasteiger partial charge in [-0.15, -0.1) is 0 Å². The number of urea groups is 1. The van der Waals surface area contributed by atoms with Crippen LogP contribution in [0.1, 0.15) is 44.5 Å². The number of nitrogens with zero attached hydrogens (tertiary/aromatic N) is 2. The minimum absolute atomic E-state index is 0.105. The van der Waals surface area contributed by atoms with Gasteiger partial charge in [-0.05, 0) is 26.2 Å². The third kappa shape index (κ3) is 4.26. The maximum absolute atomic E-state index is 12.8. The number of aromatic nitrogens is 3. The summed E-state index contributed by atoms with van der Waals surface area (Å²) in [4.78, 5) is 23.2. The van der Waals surface area contributed by atoms with Crippen molar-refractivity contribution in [2.24, 2.45) is 13.0 Å². The first-order valence-corrected chi connectivity index (χ1v) is 7.43. The Bertz CT molecular complexity index is 609. The first-order valence-electron chi connectivity index (χ1n) is 7.43. The first kappa shape index (κ1) is 17.4. The summed E-state index contributed by atoms with van der Waals surface area (Å²) in [6.45, 7) is 1.63. The van der Waals surface area contributed by atoms with Crippen molar-refractivity contribution in [3.05, 3.63) is 16.3 Å². The standard InChI is InChI=1S/C13H20F3N5O2/c1-7(10-19-20-12(23)21(10)2)17-11(22)18-9-5-3-4-8(6-9)13(14,15)16/h7-9H,3-6H2,1-2H3,(H,20,23)(H2,17,18,22)/t7-,8+,9-/m0/s1. The Morgan fingerprint density at radius 1 is 1.43 bits per heavy atom. The number of hydrogen-bond donors (Lipinski definition) is 3. The average Bonchev–Trinajstić information content (AvgIpc) is 2.78. The van der Waals surface area contributed by atoms with E-state index in [9.17, 15) is 22.8 Å². The summed E-state index contributed by atoms with van der Waals surface area (Å²) in [6, 6.07) is -1.63. The minimum atomic E-state index is -4.22. The van der Waals surface area contributed by atoms with Gasteiger partial charge < -0.3 is 10.6 Å². The Morgan fingerprint density at radius 2 is 2.13 bits per heavy atom. The molecule has 1 aliphatic carbocycles. The number of carbonyl (C=O) groups is 1. The SMILES string of the molecule is C[C@H](NC(=O)N[C@H]1CCC[C@@H](C(F)(F)F)C1)c1n[nH]c(=O)n1C. The van der Waals surface area contributed by atoms with E-state index in [4.69, 9.17) is 0 Å². The Morgan fingerprint density at radius 3 is 2.70 bits per heavy atom. The predicted molar refractivity (Wildman–Crippen MR) is 75.7 cm³/mol. The molecule has 1 aliphatic rings. The summed E-state index contributed by atoms with van der Waals surface area (Å²) < 4.78 is 39.5. The molecule has 1 heterocycles. The molecule has 10 heteroatoms. The Kier molecular flexibility index (Phi) is 5.00. The number of aromatic amines is 1. The van der Waals surface area contributed by atoms with Gasteiger partial charge in [0, 0.05) is 13.1 Å². The zero-order valence-corrected chi connectivity index (χ0v) is 12.9. The largest absolute Gasteiger partial charge is 0.391 e. The van der Waals surface area contributed by atoms with Crippen LogP contribution in [-0.2, 0) is 7.05 Å². The molecule has 0 bridgehead atoms. The minimum Gasteiger partial charge on any atom is -0.335 e. The van der Waals surface area contributed by atoms with Crippen LogP contribution in [0.15, 0.2) is 4.79 Å². The van der Waals surface area contributed by atoms with E-state index in [1.54, 1.807) is 6.92 Å². The molecule has 0 aliphatic heterocycles. The zero-order valence-electron chi connectivity index (χ0n) is 12.9. The monoisotopic (exact) mass is 335 g/mol. The summed E-state index contributed by atoms with van der Waals surface area (Å²) in [5.41, 5.74) is -0.408. The Balaban J connectivity index is 1.89. The fourth-order valence-corrected chi connectivity index (χ4v) is 2.85. The smallest absolute Gasteiger partial charge is 0.335 e. The number of nitrogens with one attached hydrogen (secondary N) is 3. The normalized spacial score (nSPS) is 23.3. The third-order valence-electron chi connectivity index (χ3n) is 4.12. The highest BCUT2D eigenvalue weighted by atomic mass is 19.4. The van der Waals surface area contributed by atoms with Crippen molar-refractivity contribution in [3.63, 3.8) is 0 Å². The van der Waals surface area contributed by atoms with Crippen molar-refractivity contribution in [1.29, 1.82) is 0 Å². The van der Waals surface area contributed by atoms with Gasteiger partial charge in [0.15, 0.2) is 5.82 Å². The second kappa shape index (κ2) is 6.63. The molecule has 0 spiro atoms. The van der Waals surface area contributed by atoms with Crippen LogP contribution in [0, 0.1) is 5.92 Å². The average molecular weight is 335 g/mol. The molecule has 3 N–H and O–H groups in total. The second-order valence-corrected chi connectivity index (χ2v) is 5.89. The maximum atomic E-state index is 12.8. The molecule has 1 aromatic heterocycles. The molecule has 23 heavy (non-hydrogen) atoms. The number of alkyl halides is 3. The van der Waals surface area contributed by atoms with Crippen molar-refractivity contribution in [2.75, 3.05) is 0 Å². The van der Waals surface area contributed by atoms with Crippen molar-refractivity contribution in [1.82, 2.24) is 25.4 Å². The predicted octanol–water partition coefficient (Wildman–Crippen LogP) is 1.59. The molecule has 3 atom stereocenters. The summed E-state index contributed by atoms with van der Waals surface area (Å²) in [5, 5.41) is 11.2. The zero-order chi connectivity index (χ0) is 17.2. The highest BCUT2D eigenvalue weighted by Crippen LogP contribution is 2.37. The molecule has 0 saturated heterocycles. The van der Waals surface area contributed by atoms with Crippen molar-refractivity contribution < 1.29 is 18.0 Å². The first-order chi connectivity index (χ1) is 10.7. The lowest BCUT2D eigenvalue weighted by molar-refractivity contribution is -0.183. The van der Waals surface area contributed by atoms with Crippen LogP contribution in [0.25, 0.3) is 0 Å². The summed E-state index contributed by atoms with van der Waals surface area (Å²) >= 11 is 0. The molecule has 1 saturated carbocycles. The number of rotatable bonds is 3. The van der Waals surface area contributed by atoms with Gasteiger partial charge in [-0.25, -0.2) is 14.7 Å². The van der Waals surface area contributed by atoms with Crippen LogP contribution in [-0.4, -0.2) is 33.0 Å².